The van der Waals surface area contributed by atoms with Crippen LogP contribution < -0.4 is 5.32 Å². The van der Waals surface area contributed by atoms with Gasteiger partial charge in [0.15, 0.2) is 0 Å². The van der Waals surface area contributed by atoms with E-state index in [1.54, 1.807) is 11.9 Å². The number of anilines is 1. The number of benzene rings is 1. The topological polar surface area (TPSA) is 61.9 Å². The van der Waals surface area contributed by atoms with Gasteiger partial charge in [-0.15, -0.1) is 0 Å². The lowest BCUT2D eigenvalue weighted by Gasteiger charge is -2.34. The van der Waals surface area contributed by atoms with Gasteiger partial charge in [-0.05, 0) is 76.8 Å². The molecule has 2 rings (SSSR count). The first-order chi connectivity index (χ1) is 13.0. The Morgan fingerprint density at radius 1 is 1.36 bits per heavy atom. The zero-order chi connectivity index (χ0) is 20.9. The number of amides is 2. The SMILES string of the molecule is Cc1cc(Br)ccc1NC(=O)CN1CCCC(CN(C)C(=O)OC(C)(C)C)C1. The van der Waals surface area contributed by atoms with Gasteiger partial charge in [0.2, 0.25) is 5.91 Å². The van der Waals surface area contributed by atoms with Gasteiger partial charge in [-0.1, -0.05) is 15.9 Å². The Morgan fingerprint density at radius 3 is 2.71 bits per heavy atom. The molecule has 0 spiro atoms. The number of rotatable bonds is 5. The Kier molecular flexibility index (Phi) is 7.89. The first-order valence-electron chi connectivity index (χ1n) is 9.76. The van der Waals surface area contributed by atoms with Crippen LogP contribution in [0.2, 0.25) is 0 Å². The van der Waals surface area contributed by atoms with Gasteiger partial charge in [0.25, 0.3) is 0 Å². The summed E-state index contributed by atoms with van der Waals surface area (Å²) in [6.07, 6.45) is 1.78. The van der Waals surface area contributed by atoms with E-state index in [9.17, 15) is 9.59 Å². The van der Waals surface area contributed by atoms with Gasteiger partial charge >= 0.3 is 6.09 Å². The first kappa shape index (κ1) is 22.7. The fourth-order valence-corrected chi connectivity index (χ4v) is 3.88. The number of carbonyl (C=O) groups is 2. The minimum absolute atomic E-state index is 0.00781. The number of halogens is 1. The Morgan fingerprint density at radius 2 is 2.07 bits per heavy atom. The van der Waals surface area contributed by atoms with E-state index in [0.29, 0.717) is 19.0 Å². The Bertz CT molecular complexity index is 703. The van der Waals surface area contributed by atoms with Crippen molar-refractivity contribution in [3.8, 4) is 0 Å². The zero-order valence-electron chi connectivity index (χ0n) is 17.5. The van der Waals surface area contributed by atoms with Crippen molar-refractivity contribution >= 4 is 33.6 Å². The van der Waals surface area contributed by atoms with E-state index < -0.39 is 5.60 Å². The van der Waals surface area contributed by atoms with Crippen molar-refractivity contribution in [1.82, 2.24) is 9.80 Å². The van der Waals surface area contributed by atoms with Crippen LogP contribution in [0.4, 0.5) is 10.5 Å². The fourth-order valence-electron chi connectivity index (χ4n) is 3.41. The van der Waals surface area contributed by atoms with Gasteiger partial charge < -0.3 is 15.0 Å². The second-order valence-corrected chi connectivity index (χ2v) is 9.53. The van der Waals surface area contributed by atoms with Crippen LogP contribution in [0.15, 0.2) is 22.7 Å². The molecule has 1 aliphatic heterocycles. The smallest absolute Gasteiger partial charge is 0.410 e. The molecule has 1 fully saturated rings. The molecule has 1 aromatic rings. The van der Waals surface area contributed by atoms with Gasteiger partial charge in [-0.3, -0.25) is 9.69 Å². The standard InChI is InChI=1S/C21H32BrN3O3/c1-15-11-17(22)8-9-18(15)23-19(26)14-25-10-6-7-16(13-25)12-24(5)20(27)28-21(2,3)4/h8-9,11,16H,6-7,10,12-14H2,1-5H3,(H,23,26). The maximum absolute atomic E-state index is 12.5. The number of hydrogen-bond donors (Lipinski definition) is 1. The molecule has 7 heteroatoms. The molecule has 0 radical (unpaired) electrons. The van der Waals surface area contributed by atoms with Gasteiger partial charge in [-0.2, -0.15) is 0 Å². The monoisotopic (exact) mass is 453 g/mol. The minimum Gasteiger partial charge on any atom is -0.444 e. The molecule has 1 aliphatic rings. The molecule has 1 saturated heterocycles. The molecule has 6 nitrogen and oxygen atoms in total. The largest absolute Gasteiger partial charge is 0.444 e. The molecule has 1 N–H and O–H groups in total. The minimum atomic E-state index is -0.493. The van der Waals surface area contributed by atoms with Crippen LogP contribution in [-0.2, 0) is 9.53 Å². The lowest BCUT2D eigenvalue weighted by Crippen LogP contribution is -2.45. The summed E-state index contributed by atoms with van der Waals surface area (Å²) in [4.78, 5) is 28.4. The Hall–Kier alpha value is -1.60. The summed E-state index contributed by atoms with van der Waals surface area (Å²) in [7, 11) is 1.77. The van der Waals surface area contributed by atoms with E-state index >= 15 is 0 Å². The van der Waals surface area contributed by atoms with Gasteiger partial charge in [-0.25, -0.2) is 4.79 Å². The first-order valence-corrected chi connectivity index (χ1v) is 10.6. The van der Waals surface area contributed by atoms with Crippen molar-refractivity contribution in [2.45, 2.75) is 46.1 Å². The lowest BCUT2D eigenvalue weighted by atomic mass is 9.97. The second kappa shape index (κ2) is 9.74. The molecule has 1 aromatic carbocycles. The third-order valence-corrected chi connectivity index (χ3v) is 5.16. The van der Waals surface area contributed by atoms with Crippen LogP contribution in [0.5, 0.6) is 0 Å². The highest BCUT2D eigenvalue weighted by Gasteiger charge is 2.26. The molecular formula is C21H32BrN3O3. The number of hydrogen-bond acceptors (Lipinski definition) is 4. The summed E-state index contributed by atoms with van der Waals surface area (Å²) in [6, 6.07) is 5.82. The third kappa shape index (κ3) is 7.43. The maximum atomic E-state index is 12.5. The summed E-state index contributed by atoms with van der Waals surface area (Å²) < 4.78 is 6.42. The summed E-state index contributed by atoms with van der Waals surface area (Å²) in [6.45, 7) is 10.3. The highest BCUT2D eigenvalue weighted by Crippen LogP contribution is 2.21. The van der Waals surface area contributed by atoms with Crippen LogP contribution in [0.25, 0.3) is 0 Å². The number of ether oxygens (including phenoxy) is 1. The molecule has 2 amide bonds. The molecule has 28 heavy (non-hydrogen) atoms. The van der Waals surface area contributed by atoms with E-state index in [1.807, 2.05) is 45.9 Å². The van der Waals surface area contributed by atoms with Crippen LogP contribution in [0.3, 0.4) is 0 Å². The molecule has 0 aliphatic carbocycles. The molecular weight excluding hydrogens is 422 g/mol. The highest BCUT2D eigenvalue weighted by molar-refractivity contribution is 9.10. The number of nitrogens with one attached hydrogen (secondary N) is 1. The van der Waals surface area contributed by atoms with Crippen LogP contribution >= 0.6 is 15.9 Å². The molecule has 1 atom stereocenters. The summed E-state index contributed by atoms with van der Waals surface area (Å²) in [5.74, 6) is 0.333. The van der Waals surface area contributed by atoms with Crippen LogP contribution in [0, 0.1) is 12.8 Å². The van der Waals surface area contributed by atoms with Gasteiger partial charge in [0, 0.05) is 30.3 Å². The quantitative estimate of drug-likeness (QED) is 0.722. The highest BCUT2D eigenvalue weighted by atomic mass is 79.9. The van der Waals surface area contributed by atoms with Crippen LogP contribution in [-0.4, -0.2) is 60.6 Å². The number of carbonyl (C=O) groups excluding carboxylic acids is 2. The summed E-state index contributed by atoms with van der Waals surface area (Å²) >= 11 is 3.44. The Balaban J connectivity index is 1.83. The third-order valence-electron chi connectivity index (χ3n) is 4.67. The Labute approximate surface area is 176 Å². The van der Waals surface area contributed by atoms with Gasteiger partial charge in [0.1, 0.15) is 5.60 Å². The summed E-state index contributed by atoms with van der Waals surface area (Å²) in [5, 5.41) is 3.00. The molecule has 0 bridgehead atoms. The van der Waals surface area contributed by atoms with Crippen molar-refractivity contribution in [2.24, 2.45) is 5.92 Å². The average Bonchev–Trinajstić information content (AvgIpc) is 2.56. The van der Waals surface area contributed by atoms with Crippen molar-refractivity contribution in [3.63, 3.8) is 0 Å². The van der Waals surface area contributed by atoms with E-state index in [4.69, 9.17) is 4.74 Å². The average molecular weight is 454 g/mol. The van der Waals surface area contributed by atoms with Crippen LogP contribution in [0.1, 0.15) is 39.2 Å². The molecule has 0 saturated carbocycles. The zero-order valence-corrected chi connectivity index (χ0v) is 19.1. The lowest BCUT2D eigenvalue weighted by molar-refractivity contribution is -0.117. The van der Waals surface area contributed by atoms with E-state index in [-0.39, 0.29) is 12.0 Å². The fraction of sp³-hybridized carbons (Fsp3) is 0.619. The van der Waals surface area contributed by atoms with Crippen molar-refractivity contribution in [1.29, 1.82) is 0 Å². The van der Waals surface area contributed by atoms with Crippen molar-refractivity contribution in [3.05, 3.63) is 28.2 Å². The molecule has 0 aromatic heterocycles. The van der Waals surface area contributed by atoms with Gasteiger partial charge in [0.05, 0.1) is 6.54 Å². The number of likely N-dealkylation sites (tertiary alicyclic amines) is 1. The normalized spacial score (nSPS) is 17.9. The predicted molar refractivity (Wildman–Crippen MR) is 116 cm³/mol. The molecule has 1 unspecified atom stereocenters. The van der Waals surface area contributed by atoms with E-state index in [2.05, 4.69) is 26.1 Å². The summed E-state index contributed by atoms with van der Waals surface area (Å²) in [5.41, 5.74) is 1.37. The predicted octanol–water partition coefficient (Wildman–Crippen LogP) is 4.27. The van der Waals surface area contributed by atoms with E-state index in [0.717, 1.165) is 41.7 Å². The second-order valence-electron chi connectivity index (χ2n) is 8.61. The molecule has 156 valence electrons. The molecule has 1 heterocycles. The van der Waals surface area contributed by atoms with E-state index in [1.165, 1.54) is 0 Å². The number of piperidine rings is 1. The maximum Gasteiger partial charge on any atom is 0.410 e. The number of nitrogens with zero attached hydrogens (tertiary/aromatic N) is 2. The number of aryl methyl sites for hydroxylation is 1. The van der Waals surface area contributed by atoms with Crippen molar-refractivity contribution < 1.29 is 14.3 Å². The van der Waals surface area contributed by atoms with Crippen molar-refractivity contribution in [2.75, 3.05) is 38.5 Å².